The van der Waals surface area contributed by atoms with E-state index in [0.29, 0.717) is 0 Å². The molecule has 1 aromatic rings. The zero-order valence-electron chi connectivity index (χ0n) is 5.99. The zero-order chi connectivity index (χ0) is 8.85. The van der Waals surface area contributed by atoms with E-state index in [4.69, 9.17) is 17.2 Å². The molecular formula is C5H10N6. The fourth-order valence-electron chi connectivity index (χ4n) is 0.427. The Kier molecular flexibility index (Phi) is 3.36. The van der Waals surface area contributed by atoms with Crippen molar-refractivity contribution in [3.05, 3.63) is 13.2 Å². The van der Waals surface area contributed by atoms with Crippen molar-refractivity contribution in [2.45, 2.75) is 0 Å². The van der Waals surface area contributed by atoms with Crippen LogP contribution in [0.4, 0.5) is 17.8 Å². The Bertz CT molecular complexity index is 184. The Balaban J connectivity index is 0.000000461. The number of nitrogens with two attached hydrogens (primary N) is 3. The lowest BCUT2D eigenvalue weighted by Gasteiger charge is -1.93. The molecule has 6 N–H and O–H groups in total. The molecule has 1 rings (SSSR count). The van der Waals surface area contributed by atoms with Crippen LogP contribution in [0.3, 0.4) is 0 Å². The summed E-state index contributed by atoms with van der Waals surface area (Å²) in [6.07, 6.45) is 0. The molecule has 0 unspecified atom stereocenters. The third-order valence-corrected chi connectivity index (χ3v) is 0.687. The number of rotatable bonds is 0. The van der Waals surface area contributed by atoms with Gasteiger partial charge in [-0.2, -0.15) is 15.0 Å². The van der Waals surface area contributed by atoms with Crippen LogP contribution in [0, 0.1) is 0 Å². The Morgan fingerprint density at radius 1 is 0.727 bits per heavy atom. The summed E-state index contributed by atoms with van der Waals surface area (Å²) >= 11 is 0. The highest BCUT2D eigenvalue weighted by molar-refractivity contribution is 5.33. The summed E-state index contributed by atoms with van der Waals surface area (Å²) in [5, 5.41) is 0. The Morgan fingerprint density at radius 3 is 1.09 bits per heavy atom. The lowest BCUT2D eigenvalue weighted by atomic mass is 10.9. The quantitative estimate of drug-likeness (QED) is 0.430. The van der Waals surface area contributed by atoms with Crippen molar-refractivity contribution >= 4 is 17.8 Å². The van der Waals surface area contributed by atoms with E-state index in [2.05, 4.69) is 28.1 Å². The average Bonchev–Trinajstić information content (AvgIpc) is 1.88. The highest BCUT2D eigenvalue weighted by Gasteiger charge is 1.93. The molecule has 0 radical (unpaired) electrons. The van der Waals surface area contributed by atoms with Gasteiger partial charge in [-0.15, -0.1) is 13.2 Å². The van der Waals surface area contributed by atoms with Crippen LogP contribution < -0.4 is 17.2 Å². The SMILES string of the molecule is C=C.Nc1nc(N)nc(N)n1. The summed E-state index contributed by atoms with van der Waals surface area (Å²) in [5.74, 6) is 0.125. The van der Waals surface area contributed by atoms with Gasteiger partial charge in [0, 0.05) is 0 Å². The summed E-state index contributed by atoms with van der Waals surface area (Å²) in [5.41, 5.74) is 15.4. The van der Waals surface area contributed by atoms with Gasteiger partial charge in [-0.3, -0.25) is 0 Å². The fraction of sp³-hybridized carbons (Fsp3) is 0. The van der Waals surface area contributed by atoms with Crippen LogP contribution in [0.1, 0.15) is 0 Å². The molecule has 0 atom stereocenters. The van der Waals surface area contributed by atoms with Crippen LogP contribution >= 0.6 is 0 Å². The summed E-state index contributed by atoms with van der Waals surface area (Å²) < 4.78 is 0. The normalized spacial score (nSPS) is 8.00. The van der Waals surface area contributed by atoms with Crippen molar-refractivity contribution in [3.63, 3.8) is 0 Å². The lowest BCUT2D eigenvalue weighted by molar-refractivity contribution is 1.09. The third kappa shape index (κ3) is 2.99. The topological polar surface area (TPSA) is 117 Å². The maximum absolute atomic E-state index is 5.14. The van der Waals surface area contributed by atoms with Gasteiger partial charge in [0.2, 0.25) is 17.8 Å². The van der Waals surface area contributed by atoms with Gasteiger partial charge in [-0.25, -0.2) is 0 Å². The maximum Gasteiger partial charge on any atom is 0.226 e. The van der Waals surface area contributed by atoms with Gasteiger partial charge >= 0.3 is 0 Å². The van der Waals surface area contributed by atoms with Crippen molar-refractivity contribution in [2.75, 3.05) is 17.2 Å². The Labute approximate surface area is 64.2 Å². The second kappa shape index (κ2) is 4.04. The molecule has 0 aliphatic rings. The first-order valence-electron chi connectivity index (χ1n) is 2.71. The molecule has 0 aliphatic carbocycles. The molecule has 0 spiro atoms. The van der Waals surface area contributed by atoms with Crippen molar-refractivity contribution in [1.82, 2.24) is 15.0 Å². The molecule has 6 nitrogen and oxygen atoms in total. The molecule has 1 aromatic heterocycles. The first-order chi connectivity index (χ1) is 5.18. The van der Waals surface area contributed by atoms with E-state index >= 15 is 0 Å². The van der Waals surface area contributed by atoms with Crippen molar-refractivity contribution in [2.24, 2.45) is 0 Å². The maximum atomic E-state index is 5.14. The molecule has 11 heavy (non-hydrogen) atoms. The number of aromatic nitrogens is 3. The zero-order valence-corrected chi connectivity index (χ0v) is 5.99. The van der Waals surface area contributed by atoms with Crippen LogP contribution in [0.2, 0.25) is 0 Å². The highest BCUT2D eigenvalue weighted by atomic mass is 15.2. The Hall–Kier alpha value is -1.85. The van der Waals surface area contributed by atoms with E-state index in [9.17, 15) is 0 Å². The van der Waals surface area contributed by atoms with Crippen LogP contribution in [0.5, 0.6) is 0 Å². The van der Waals surface area contributed by atoms with Gasteiger partial charge in [-0.05, 0) is 0 Å². The molecule has 0 fully saturated rings. The molecule has 0 saturated heterocycles. The second-order valence-corrected chi connectivity index (χ2v) is 1.41. The van der Waals surface area contributed by atoms with Crippen LogP contribution in [0.25, 0.3) is 0 Å². The third-order valence-electron chi connectivity index (χ3n) is 0.687. The molecule has 0 aliphatic heterocycles. The van der Waals surface area contributed by atoms with E-state index in [-0.39, 0.29) is 17.8 Å². The van der Waals surface area contributed by atoms with Crippen molar-refractivity contribution < 1.29 is 0 Å². The molecule has 6 heteroatoms. The van der Waals surface area contributed by atoms with Crippen molar-refractivity contribution in [3.8, 4) is 0 Å². The Morgan fingerprint density at radius 2 is 0.909 bits per heavy atom. The number of hydrogen-bond donors (Lipinski definition) is 3. The molecule has 0 bridgehead atoms. The van der Waals surface area contributed by atoms with Gasteiger partial charge in [0.25, 0.3) is 0 Å². The predicted molar refractivity (Wildman–Crippen MR) is 44.3 cm³/mol. The first-order valence-corrected chi connectivity index (χ1v) is 2.71. The van der Waals surface area contributed by atoms with Crippen LogP contribution in [-0.4, -0.2) is 15.0 Å². The minimum absolute atomic E-state index is 0.0417. The fourth-order valence-corrected chi connectivity index (χ4v) is 0.427. The van der Waals surface area contributed by atoms with Gasteiger partial charge in [0.05, 0.1) is 0 Å². The van der Waals surface area contributed by atoms with E-state index in [1.807, 2.05) is 0 Å². The molecule has 0 saturated carbocycles. The van der Waals surface area contributed by atoms with Gasteiger partial charge in [-0.1, -0.05) is 0 Å². The second-order valence-electron chi connectivity index (χ2n) is 1.41. The predicted octanol–water partition coefficient (Wildman–Crippen LogP) is -0.580. The van der Waals surface area contributed by atoms with Gasteiger partial charge in [0.15, 0.2) is 0 Å². The highest BCUT2D eigenvalue weighted by Crippen LogP contribution is 1.97. The smallest absolute Gasteiger partial charge is 0.226 e. The van der Waals surface area contributed by atoms with E-state index in [0.717, 1.165) is 0 Å². The monoisotopic (exact) mass is 154 g/mol. The number of anilines is 3. The minimum atomic E-state index is 0.0417. The van der Waals surface area contributed by atoms with Crippen molar-refractivity contribution in [1.29, 1.82) is 0 Å². The molecule has 1 heterocycles. The van der Waals surface area contributed by atoms with E-state index in [1.165, 1.54) is 0 Å². The minimum Gasteiger partial charge on any atom is -0.368 e. The summed E-state index contributed by atoms with van der Waals surface area (Å²) in [6.45, 7) is 6.00. The first kappa shape index (κ1) is 9.15. The lowest BCUT2D eigenvalue weighted by Crippen LogP contribution is -2.05. The molecule has 0 aromatic carbocycles. The summed E-state index contributed by atoms with van der Waals surface area (Å²) in [7, 11) is 0. The average molecular weight is 154 g/mol. The standard InChI is InChI=1S/C3H6N6.C2H4/c4-1-7-2(5)9-3(6)8-1;1-2/h(H6,4,5,6,7,8,9);1-2H2. The van der Waals surface area contributed by atoms with Gasteiger partial charge in [0.1, 0.15) is 0 Å². The molecular weight excluding hydrogens is 144 g/mol. The molecule has 0 amide bonds. The summed E-state index contributed by atoms with van der Waals surface area (Å²) in [4.78, 5) is 10.5. The number of nitrogens with zero attached hydrogens (tertiary/aromatic N) is 3. The van der Waals surface area contributed by atoms with E-state index in [1.54, 1.807) is 0 Å². The van der Waals surface area contributed by atoms with Crippen LogP contribution in [0.15, 0.2) is 13.2 Å². The van der Waals surface area contributed by atoms with Crippen LogP contribution in [-0.2, 0) is 0 Å². The number of hydrogen-bond acceptors (Lipinski definition) is 6. The number of nitrogen functional groups attached to an aromatic ring is 3. The van der Waals surface area contributed by atoms with E-state index < -0.39 is 0 Å². The van der Waals surface area contributed by atoms with Gasteiger partial charge < -0.3 is 17.2 Å². The largest absolute Gasteiger partial charge is 0.368 e. The molecule has 60 valence electrons. The summed E-state index contributed by atoms with van der Waals surface area (Å²) in [6, 6.07) is 0.